The van der Waals surface area contributed by atoms with Gasteiger partial charge >= 0.3 is 0 Å². The highest BCUT2D eigenvalue weighted by atomic mass is 32.2. The zero-order valence-electron chi connectivity index (χ0n) is 14.1. The smallest absolute Gasteiger partial charge is 0.243 e. The van der Waals surface area contributed by atoms with Gasteiger partial charge in [0.05, 0.1) is 31.1 Å². The first-order valence-corrected chi connectivity index (χ1v) is 9.68. The van der Waals surface area contributed by atoms with Crippen molar-refractivity contribution in [1.29, 1.82) is 5.26 Å². The van der Waals surface area contributed by atoms with Gasteiger partial charge < -0.3 is 4.90 Å². The van der Waals surface area contributed by atoms with Gasteiger partial charge in [-0.1, -0.05) is 26.0 Å². The Morgan fingerprint density at radius 2 is 1.78 bits per heavy atom. The molecule has 6 heteroatoms. The van der Waals surface area contributed by atoms with Crippen LogP contribution in [0.15, 0.2) is 29.2 Å². The van der Waals surface area contributed by atoms with E-state index >= 15 is 0 Å². The number of nitriles is 1. The van der Waals surface area contributed by atoms with Gasteiger partial charge in [-0.25, -0.2) is 8.42 Å². The average molecular weight is 336 g/mol. The molecule has 1 aromatic rings. The normalized spacial score (nSPS) is 19.9. The summed E-state index contributed by atoms with van der Waals surface area (Å²) >= 11 is 0. The summed E-state index contributed by atoms with van der Waals surface area (Å²) in [6.45, 7) is 8.44. The molecule has 0 spiro atoms. The molecule has 0 radical (unpaired) electrons. The summed E-state index contributed by atoms with van der Waals surface area (Å²) in [5.74, 6) is 0.436. The van der Waals surface area contributed by atoms with Crippen molar-refractivity contribution in [3.63, 3.8) is 0 Å². The van der Waals surface area contributed by atoms with E-state index in [2.05, 4.69) is 19.9 Å². The van der Waals surface area contributed by atoms with E-state index in [1.54, 1.807) is 16.4 Å². The van der Waals surface area contributed by atoms with Crippen LogP contribution in [0.5, 0.6) is 0 Å². The molecule has 1 aliphatic rings. The van der Waals surface area contributed by atoms with Gasteiger partial charge in [-0.2, -0.15) is 9.57 Å². The Morgan fingerprint density at radius 1 is 1.22 bits per heavy atom. The predicted molar refractivity (Wildman–Crippen MR) is 89.7 cm³/mol. The van der Waals surface area contributed by atoms with Crippen LogP contribution in [0.2, 0.25) is 0 Å². The first-order valence-electron chi connectivity index (χ1n) is 8.24. The lowest BCUT2D eigenvalue weighted by Crippen LogP contribution is -3.17. The molecule has 1 aromatic carbocycles. The lowest BCUT2D eigenvalue weighted by atomic mass is 9.99. The Morgan fingerprint density at radius 3 is 2.26 bits per heavy atom. The maximum atomic E-state index is 12.7. The minimum Gasteiger partial charge on any atom is -0.319 e. The fourth-order valence-corrected chi connectivity index (χ4v) is 4.33. The molecule has 126 valence electrons. The number of nitrogens with one attached hydrogen (secondary N) is 1. The molecule has 2 atom stereocenters. The quantitative estimate of drug-likeness (QED) is 0.872. The van der Waals surface area contributed by atoms with E-state index in [0.717, 1.165) is 11.3 Å². The summed E-state index contributed by atoms with van der Waals surface area (Å²) in [6, 6.07) is 9.42. The number of sulfonamides is 1. The predicted octanol–water partition coefficient (Wildman–Crippen LogP) is 1.00. The molecule has 2 rings (SSSR count). The molecule has 0 aliphatic carbocycles. The maximum Gasteiger partial charge on any atom is 0.243 e. The second-order valence-electron chi connectivity index (χ2n) is 6.29. The second-order valence-corrected chi connectivity index (χ2v) is 8.23. The van der Waals surface area contributed by atoms with Gasteiger partial charge in [0.2, 0.25) is 10.0 Å². The van der Waals surface area contributed by atoms with Gasteiger partial charge in [-0.3, -0.25) is 0 Å². The summed E-state index contributed by atoms with van der Waals surface area (Å²) < 4.78 is 27.0. The molecule has 1 saturated heterocycles. The van der Waals surface area contributed by atoms with Crippen molar-refractivity contribution in [3.8, 4) is 6.07 Å². The number of nitrogens with zero attached hydrogens (tertiary/aromatic N) is 2. The zero-order chi connectivity index (χ0) is 17.0. The van der Waals surface area contributed by atoms with E-state index in [1.165, 1.54) is 5.56 Å². The number of rotatable bonds is 5. The molecule has 1 fully saturated rings. The lowest BCUT2D eigenvalue weighted by molar-refractivity contribution is -0.918. The zero-order valence-corrected chi connectivity index (χ0v) is 14.9. The monoisotopic (exact) mass is 336 g/mol. The molecule has 1 heterocycles. The molecule has 0 bridgehead atoms. The van der Waals surface area contributed by atoms with Gasteiger partial charge in [0, 0.05) is 6.92 Å². The van der Waals surface area contributed by atoms with E-state index in [9.17, 15) is 8.42 Å². The highest BCUT2D eigenvalue weighted by Gasteiger charge is 2.32. The van der Waals surface area contributed by atoms with Crippen molar-refractivity contribution in [2.24, 2.45) is 0 Å². The standard InChI is InChI=1S/C17H25N3O2S/c1-4-14(2)16-5-7-17(8-6-16)23(21,22)20-11-9-19(10-12-20)15(3)13-18/h5-8,14-15H,4,9-12H2,1-3H3/p+1/t14-,15-/m1/s1. The van der Waals surface area contributed by atoms with Crippen molar-refractivity contribution in [3.05, 3.63) is 29.8 Å². The van der Waals surface area contributed by atoms with E-state index in [-0.39, 0.29) is 6.04 Å². The Balaban J connectivity index is 2.09. The van der Waals surface area contributed by atoms with Crippen LogP contribution >= 0.6 is 0 Å². The van der Waals surface area contributed by atoms with E-state index in [0.29, 0.717) is 37.0 Å². The average Bonchev–Trinajstić information content (AvgIpc) is 2.60. The topological polar surface area (TPSA) is 65.6 Å². The van der Waals surface area contributed by atoms with Crippen molar-refractivity contribution < 1.29 is 13.3 Å². The number of benzene rings is 1. The third-order valence-corrected chi connectivity index (χ3v) is 6.78. The number of hydrogen-bond donors (Lipinski definition) is 1. The van der Waals surface area contributed by atoms with Crippen LogP contribution in [0.1, 0.15) is 38.7 Å². The van der Waals surface area contributed by atoms with Gasteiger partial charge in [-0.05, 0) is 30.0 Å². The lowest BCUT2D eigenvalue weighted by Gasteiger charge is -2.32. The third kappa shape index (κ3) is 3.92. The van der Waals surface area contributed by atoms with Gasteiger partial charge in [-0.15, -0.1) is 0 Å². The van der Waals surface area contributed by atoms with Crippen LogP contribution in [0.3, 0.4) is 0 Å². The first kappa shape index (κ1) is 17.9. The molecule has 5 nitrogen and oxygen atoms in total. The summed E-state index contributed by atoms with van der Waals surface area (Å²) in [7, 11) is -3.43. The minimum absolute atomic E-state index is 0.0883. The van der Waals surface area contributed by atoms with E-state index < -0.39 is 10.0 Å². The Hall–Kier alpha value is -1.42. The van der Waals surface area contributed by atoms with Crippen LogP contribution in [0, 0.1) is 11.3 Å². The van der Waals surface area contributed by atoms with E-state index in [4.69, 9.17) is 5.26 Å². The SMILES string of the molecule is CC[C@@H](C)c1ccc(S(=O)(=O)N2CC[NH+]([C@H](C)C#N)CC2)cc1. The molecule has 23 heavy (non-hydrogen) atoms. The summed E-state index contributed by atoms with van der Waals surface area (Å²) in [4.78, 5) is 1.52. The summed E-state index contributed by atoms with van der Waals surface area (Å²) in [6.07, 6.45) is 1.04. The minimum atomic E-state index is -3.43. The van der Waals surface area contributed by atoms with E-state index in [1.807, 2.05) is 19.1 Å². The molecule has 1 aliphatic heterocycles. The second kappa shape index (κ2) is 7.43. The number of piperazine rings is 1. The molecule has 0 aromatic heterocycles. The Labute approximate surface area is 139 Å². The summed E-state index contributed by atoms with van der Waals surface area (Å²) in [5, 5.41) is 8.98. The first-order chi connectivity index (χ1) is 10.9. The molecular formula is C17H26N3O2S+. The van der Waals surface area contributed by atoms with Crippen LogP contribution in [-0.2, 0) is 10.0 Å². The van der Waals surface area contributed by atoms with Crippen molar-refractivity contribution in [2.45, 2.75) is 44.0 Å². The number of hydrogen-bond acceptors (Lipinski definition) is 3. The Kier molecular flexibility index (Phi) is 5.79. The van der Waals surface area contributed by atoms with Crippen LogP contribution in [-0.4, -0.2) is 44.9 Å². The third-order valence-electron chi connectivity index (χ3n) is 4.87. The molecular weight excluding hydrogens is 310 g/mol. The maximum absolute atomic E-state index is 12.7. The van der Waals surface area contributed by atoms with Crippen LogP contribution < -0.4 is 4.90 Å². The van der Waals surface area contributed by atoms with Crippen molar-refractivity contribution >= 4 is 10.0 Å². The van der Waals surface area contributed by atoms with Crippen molar-refractivity contribution in [1.82, 2.24) is 4.31 Å². The fourth-order valence-electron chi connectivity index (χ4n) is 2.89. The van der Waals surface area contributed by atoms with Crippen LogP contribution in [0.25, 0.3) is 0 Å². The van der Waals surface area contributed by atoms with Crippen molar-refractivity contribution in [2.75, 3.05) is 26.2 Å². The molecule has 0 unspecified atom stereocenters. The highest BCUT2D eigenvalue weighted by molar-refractivity contribution is 7.89. The van der Waals surface area contributed by atoms with Gasteiger partial charge in [0.25, 0.3) is 0 Å². The van der Waals surface area contributed by atoms with Crippen LogP contribution in [0.4, 0.5) is 0 Å². The highest BCUT2D eigenvalue weighted by Crippen LogP contribution is 2.22. The number of quaternary nitrogens is 1. The molecule has 0 amide bonds. The molecule has 0 saturated carbocycles. The largest absolute Gasteiger partial charge is 0.319 e. The molecule has 1 N–H and O–H groups in total. The Bertz CT molecular complexity index is 656. The van der Waals surface area contributed by atoms with Gasteiger partial charge in [0.15, 0.2) is 6.04 Å². The summed E-state index contributed by atoms with van der Waals surface area (Å²) in [5.41, 5.74) is 1.17. The fraction of sp³-hybridized carbons (Fsp3) is 0.588. The van der Waals surface area contributed by atoms with Gasteiger partial charge in [0.1, 0.15) is 6.07 Å².